The zero-order valence-corrected chi connectivity index (χ0v) is 11.6. The SMILES string of the molecule is NCCSCc1nc2sc3c(c2c(=O)[nH]1)CCC3. The Balaban J connectivity index is 1.98. The number of hydrogen-bond donors (Lipinski definition) is 2. The molecule has 1 aliphatic rings. The summed E-state index contributed by atoms with van der Waals surface area (Å²) in [5.41, 5.74) is 6.72. The molecule has 0 fully saturated rings. The maximum absolute atomic E-state index is 12.1. The van der Waals surface area contributed by atoms with Gasteiger partial charge < -0.3 is 10.7 Å². The molecule has 96 valence electrons. The predicted molar refractivity (Wildman–Crippen MR) is 77.5 cm³/mol. The first-order chi connectivity index (χ1) is 8.79. The molecule has 2 aromatic rings. The van der Waals surface area contributed by atoms with Crippen LogP contribution in [-0.2, 0) is 18.6 Å². The average molecular weight is 281 g/mol. The van der Waals surface area contributed by atoms with Crippen LogP contribution >= 0.6 is 23.1 Å². The summed E-state index contributed by atoms with van der Waals surface area (Å²) in [6.07, 6.45) is 3.30. The van der Waals surface area contributed by atoms with Gasteiger partial charge in [0.1, 0.15) is 10.7 Å². The molecular weight excluding hydrogens is 266 g/mol. The average Bonchev–Trinajstić information content (AvgIpc) is 2.88. The summed E-state index contributed by atoms with van der Waals surface area (Å²) >= 11 is 3.39. The molecule has 6 heteroatoms. The number of nitrogens with one attached hydrogen (secondary N) is 1. The third-order valence-corrected chi connectivity index (χ3v) is 5.31. The largest absolute Gasteiger partial charge is 0.330 e. The highest BCUT2D eigenvalue weighted by Crippen LogP contribution is 2.34. The van der Waals surface area contributed by atoms with E-state index in [1.807, 2.05) is 0 Å². The third kappa shape index (κ3) is 2.08. The van der Waals surface area contributed by atoms with Crippen molar-refractivity contribution in [2.75, 3.05) is 12.3 Å². The van der Waals surface area contributed by atoms with Crippen LogP contribution in [0.3, 0.4) is 0 Å². The highest BCUT2D eigenvalue weighted by atomic mass is 32.2. The summed E-state index contributed by atoms with van der Waals surface area (Å²) in [5.74, 6) is 2.39. The lowest BCUT2D eigenvalue weighted by Crippen LogP contribution is -2.11. The molecule has 0 saturated carbocycles. The Morgan fingerprint density at radius 1 is 1.44 bits per heavy atom. The molecule has 3 rings (SSSR count). The molecule has 1 aliphatic carbocycles. The zero-order chi connectivity index (χ0) is 12.5. The Kier molecular flexibility index (Phi) is 3.41. The first-order valence-corrected chi connectivity index (χ1v) is 8.08. The lowest BCUT2D eigenvalue weighted by atomic mass is 10.2. The summed E-state index contributed by atoms with van der Waals surface area (Å²) in [5, 5.41) is 0.833. The number of thioether (sulfide) groups is 1. The van der Waals surface area contributed by atoms with E-state index in [1.165, 1.54) is 16.9 Å². The molecule has 3 N–H and O–H groups in total. The van der Waals surface area contributed by atoms with Crippen molar-refractivity contribution in [2.24, 2.45) is 5.73 Å². The molecular formula is C12H15N3OS2. The third-order valence-electron chi connectivity index (χ3n) is 3.13. The lowest BCUT2D eigenvalue weighted by molar-refractivity contribution is 0.916. The van der Waals surface area contributed by atoms with Crippen molar-refractivity contribution in [1.82, 2.24) is 9.97 Å². The normalized spacial score (nSPS) is 14.3. The Labute approximate surface area is 113 Å². The predicted octanol–water partition coefficient (Wildman–Crippen LogP) is 1.67. The molecule has 4 nitrogen and oxygen atoms in total. The van der Waals surface area contributed by atoms with E-state index in [9.17, 15) is 4.79 Å². The van der Waals surface area contributed by atoms with Crippen LogP contribution in [0.2, 0.25) is 0 Å². The molecule has 0 atom stereocenters. The van der Waals surface area contributed by atoms with Gasteiger partial charge in [-0.2, -0.15) is 11.8 Å². The second-order valence-corrected chi connectivity index (χ2v) is 6.58. The number of nitrogens with zero attached hydrogens (tertiary/aromatic N) is 1. The van der Waals surface area contributed by atoms with Crippen molar-refractivity contribution in [2.45, 2.75) is 25.0 Å². The number of nitrogens with two attached hydrogens (primary N) is 1. The smallest absolute Gasteiger partial charge is 0.259 e. The van der Waals surface area contributed by atoms with Gasteiger partial charge in [0.05, 0.1) is 11.1 Å². The van der Waals surface area contributed by atoms with Gasteiger partial charge in [-0.3, -0.25) is 4.79 Å². The number of aryl methyl sites for hydroxylation is 2. The monoisotopic (exact) mass is 281 g/mol. The van der Waals surface area contributed by atoms with Crippen LogP contribution in [-0.4, -0.2) is 22.3 Å². The van der Waals surface area contributed by atoms with Crippen LogP contribution in [0.15, 0.2) is 4.79 Å². The fourth-order valence-corrected chi connectivity index (χ4v) is 4.29. The summed E-state index contributed by atoms with van der Waals surface area (Å²) in [4.78, 5) is 21.9. The van der Waals surface area contributed by atoms with Gasteiger partial charge in [0, 0.05) is 17.2 Å². The Hall–Kier alpha value is -0.850. The van der Waals surface area contributed by atoms with E-state index in [-0.39, 0.29) is 5.56 Å². The first kappa shape index (κ1) is 12.2. The fourth-order valence-electron chi connectivity index (χ4n) is 2.37. The van der Waals surface area contributed by atoms with Crippen molar-refractivity contribution >= 4 is 33.3 Å². The van der Waals surface area contributed by atoms with Gasteiger partial charge in [0.2, 0.25) is 0 Å². The number of aromatic amines is 1. The van der Waals surface area contributed by atoms with Crippen LogP contribution in [0.25, 0.3) is 10.2 Å². The Morgan fingerprint density at radius 2 is 2.33 bits per heavy atom. The van der Waals surface area contributed by atoms with Crippen LogP contribution in [0.1, 0.15) is 22.7 Å². The van der Waals surface area contributed by atoms with Gasteiger partial charge in [-0.15, -0.1) is 11.3 Å². The van der Waals surface area contributed by atoms with Gasteiger partial charge >= 0.3 is 0 Å². The number of aromatic nitrogens is 2. The van der Waals surface area contributed by atoms with Crippen molar-refractivity contribution < 1.29 is 0 Å². The molecule has 18 heavy (non-hydrogen) atoms. The highest BCUT2D eigenvalue weighted by molar-refractivity contribution is 7.98. The first-order valence-electron chi connectivity index (χ1n) is 6.11. The second kappa shape index (κ2) is 5.03. The maximum Gasteiger partial charge on any atom is 0.259 e. The molecule has 0 radical (unpaired) electrons. The molecule has 0 saturated heterocycles. The van der Waals surface area contributed by atoms with Crippen molar-refractivity contribution in [3.8, 4) is 0 Å². The molecule has 2 heterocycles. The van der Waals surface area contributed by atoms with E-state index >= 15 is 0 Å². The number of rotatable bonds is 4. The van der Waals surface area contributed by atoms with Gasteiger partial charge in [0.15, 0.2) is 0 Å². The van der Waals surface area contributed by atoms with E-state index in [4.69, 9.17) is 5.73 Å². The van der Waals surface area contributed by atoms with Crippen LogP contribution < -0.4 is 11.3 Å². The van der Waals surface area contributed by atoms with E-state index in [0.717, 1.165) is 40.4 Å². The minimum atomic E-state index is 0.0303. The topological polar surface area (TPSA) is 71.8 Å². The number of H-pyrrole nitrogens is 1. The van der Waals surface area contributed by atoms with Crippen molar-refractivity contribution in [3.63, 3.8) is 0 Å². The number of thiophene rings is 1. The molecule has 0 spiro atoms. The number of fused-ring (bicyclic) bond motifs is 3. The minimum Gasteiger partial charge on any atom is -0.330 e. The Morgan fingerprint density at radius 3 is 3.17 bits per heavy atom. The molecule has 0 bridgehead atoms. The lowest BCUT2D eigenvalue weighted by Gasteiger charge is -2.00. The standard InChI is InChI=1S/C12H15N3OS2/c13-4-5-17-6-9-14-11(16)10-7-2-1-3-8(7)18-12(10)15-9/h1-6,13H2,(H,14,15,16). The molecule has 2 aromatic heterocycles. The van der Waals surface area contributed by atoms with Crippen LogP contribution in [0, 0.1) is 0 Å². The van der Waals surface area contributed by atoms with Gasteiger partial charge in [-0.25, -0.2) is 4.98 Å². The highest BCUT2D eigenvalue weighted by Gasteiger charge is 2.20. The molecule has 0 aliphatic heterocycles. The molecule has 0 aromatic carbocycles. The molecule has 0 unspecified atom stereocenters. The molecule has 0 amide bonds. The van der Waals surface area contributed by atoms with Crippen molar-refractivity contribution in [3.05, 3.63) is 26.6 Å². The van der Waals surface area contributed by atoms with E-state index < -0.39 is 0 Å². The maximum atomic E-state index is 12.1. The second-order valence-electron chi connectivity index (χ2n) is 4.39. The van der Waals surface area contributed by atoms with Crippen molar-refractivity contribution in [1.29, 1.82) is 0 Å². The summed E-state index contributed by atoms with van der Waals surface area (Å²) in [7, 11) is 0. The number of hydrogen-bond acceptors (Lipinski definition) is 5. The minimum absolute atomic E-state index is 0.0303. The van der Waals surface area contributed by atoms with Gasteiger partial charge in [0.25, 0.3) is 5.56 Å². The summed E-state index contributed by atoms with van der Waals surface area (Å²) < 4.78 is 0. The zero-order valence-electron chi connectivity index (χ0n) is 9.99. The fraction of sp³-hybridized carbons (Fsp3) is 0.500. The van der Waals surface area contributed by atoms with Crippen LogP contribution in [0.4, 0.5) is 0 Å². The van der Waals surface area contributed by atoms with Gasteiger partial charge in [-0.05, 0) is 24.8 Å². The van der Waals surface area contributed by atoms with Crippen LogP contribution in [0.5, 0.6) is 0 Å². The quantitative estimate of drug-likeness (QED) is 0.836. The van der Waals surface area contributed by atoms with Gasteiger partial charge in [-0.1, -0.05) is 0 Å². The summed E-state index contributed by atoms with van der Waals surface area (Å²) in [6.45, 7) is 0.657. The summed E-state index contributed by atoms with van der Waals surface area (Å²) in [6, 6.07) is 0. The Bertz CT molecular complexity index is 632. The van der Waals surface area contributed by atoms with E-state index in [1.54, 1.807) is 23.1 Å². The van der Waals surface area contributed by atoms with E-state index in [0.29, 0.717) is 6.54 Å². The van der Waals surface area contributed by atoms with E-state index in [2.05, 4.69) is 9.97 Å².